The topological polar surface area (TPSA) is 46.1 Å². The molecule has 0 fully saturated rings. The molecule has 1 aliphatic rings. The predicted molar refractivity (Wildman–Crippen MR) is 113 cm³/mol. The van der Waals surface area contributed by atoms with Crippen LogP contribution in [0.15, 0.2) is 48.7 Å². The van der Waals surface area contributed by atoms with Gasteiger partial charge in [-0.3, -0.25) is 4.79 Å². The molecular formula is C21H23Cl2N3O. The third-order valence-electron chi connectivity index (χ3n) is 4.59. The van der Waals surface area contributed by atoms with Crippen LogP contribution in [0.1, 0.15) is 18.2 Å². The minimum Gasteiger partial charge on any atom is -0.335 e. The number of hydrogen-bond acceptors (Lipinski definition) is 2. The largest absolute Gasteiger partial charge is 0.335 e. The molecule has 0 saturated heterocycles. The Labute approximate surface area is 169 Å². The van der Waals surface area contributed by atoms with E-state index in [4.69, 9.17) is 23.2 Å². The van der Waals surface area contributed by atoms with E-state index in [2.05, 4.69) is 15.2 Å². The predicted octanol–water partition coefficient (Wildman–Crippen LogP) is 4.40. The molecule has 3 rings (SSSR count). The average Bonchev–Trinajstić information content (AvgIpc) is 2.81. The van der Waals surface area contributed by atoms with E-state index in [1.54, 1.807) is 12.3 Å². The van der Waals surface area contributed by atoms with Gasteiger partial charge in [-0.1, -0.05) is 47.5 Å². The molecule has 0 bridgehead atoms. The fourth-order valence-corrected chi connectivity index (χ4v) is 3.70. The first-order valence-corrected chi connectivity index (χ1v) is 9.81. The van der Waals surface area contributed by atoms with Crippen molar-refractivity contribution >= 4 is 40.0 Å². The Balaban J connectivity index is 1.88. The number of hydrogen-bond donors (Lipinski definition) is 2. The molecule has 6 heteroatoms. The highest BCUT2D eigenvalue weighted by molar-refractivity contribution is 6.42. The van der Waals surface area contributed by atoms with Crippen LogP contribution >= 0.6 is 23.2 Å². The van der Waals surface area contributed by atoms with Crippen LogP contribution in [0.3, 0.4) is 0 Å². The zero-order chi connectivity index (χ0) is 19.2. The second-order valence-corrected chi connectivity index (χ2v) is 7.20. The number of allylic oxidation sites excluding steroid dienone is 5. The normalized spacial score (nSPS) is 15.1. The fraction of sp³-hybridized carbons (Fsp3) is 0.286. The van der Waals surface area contributed by atoms with Crippen molar-refractivity contribution in [2.75, 3.05) is 13.1 Å². The van der Waals surface area contributed by atoms with Gasteiger partial charge in [0, 0.05) is 30.2 Å². The molecule has 1 aromatic carbocycles. The Morgan fingerprint density at radius 1 is 1.15 bits per heavy atom. The van der Waals surface area contributed by atoms with Gasteiger partial charge in [0.1, 0.15) is 6.54 Å². The van der Waals surface area contributed by atoms with Crippen LogP contribution in [0.4, 0.5) is 0 Å². The Bertz CT molecular complexity index is 925. The van der Waals surface area contributed by atoms with E-state index in [9.17, 15) is 4.79 Å². The first kappa shape index (κ1) is 19.7. The van der Waals surface area contributed by atoms with Crippen molar-refractivity contribution in [3.05, 3.63) is 70.0 Å². The summed E-state index contributed by atoms with van der Waals surface area (Å²) < 4.78 is 2.07. The fourth-order valence-electron chi connectivity index (χ4n) is 3.38. The van der Waals surface area contributed by atoms with Gasteiger partial charge in [-0.2, -0.15) is 0 Å². The number of aromatic nitrogens is 1. The molecule has 4 nitrogen and oxygen atoms in total. The van der Waals surface area contributed by atoms with Gasteiger partial charge in [0.05, 0.1) is 15.6 Å². The van der Waals surface area contributed by atoms with Gasteiger partial charge in [0.25, 0.3) is 0 Å². The van der Waals surface area contributed by atoms with Crippen molar-refractivity contribution in [1.29, 1.82) is 0 Å². The van der Waals surface area contributed by atoms with Crippen LogP contribution < -0.4 is 10.6 Å². The lowest BCUT2D eigenvalue weighted by atomic mass is 10.1. The number of amides is 1. The Morgan fingerprint density at radius 2 is 1.89 bits per heavy atom. The minimum absolute atomic E-state index is 0.0753. The van der Waals surface area contributed by atoms with Crippen molar-refractivity contribution in [3.8, 4) is 0 Å². The zero-order valence-electron chi connectivity index (χ0n) is 15.3. The molecule has 0 spiro atoms. The van der Waals surface area contributed by atoms with Crippen molar-refractivity contribution < 1.29 is 4.79 Å². The number of fused-ring (bicyclic) bond motifs is 3. The number of nitrogens with one attached hydrogen (secondary N) is 2. The summed E-state index contributed by atoms with van der Waals surface area (Å²) >= 11 is 12.5. The molecule has 1 amide bonds. The summed E-state index contributed by atoms with van der Waals surface area (Å²) in [6.45, 7) is 4.00. The molecule has 0 radical (unpaired) electrons. The summed E-state index contributed by atoms with van der Waals surface area (Å²) in [5.41, 5.74) is 3.40. The molecular weight excluding hydrogens is 381 g/mol. The molecule has 142 valence electrons. The average molecular weight is 404 g/mol. The Hall–Kier alpha value is -2.01. The molecule has 1 aromatic heterocycles. The maximum Gasteiger partial charge on any atom is 0.243 e. The number of halogens is 2. The number of benzene rings is 1. The van der Waals surface area contributed by atoms with Crippen LogP contribution in [0, 0.1) is 0 Å². The maximum absolute atomic E-state index is 12.5. The van der Waals surface area contributed by atoms with Gasteiger partial charge in [-0.15, -0.1) is 0 Å². The van der Waals surface area contributed by atoms with E-state index in [-0.39, 0.29) is 12.5 Å². The van der Waals surface area contributed by atoms with Crippen molar-refractivity contribution in [1.82, 2.24) is 15.2 Å². The van der Waals surface area contributed by atoms with Gasteiger partial charge in [-0.25, -0.2) is 0 Å². The summed E-state index contributed by atoms with van der Waals surface area (Å²) in [5.74, 6) is -0.0753. The Morgan fingerprint density at radius 3 is 2.70 bits per heavy atom. The smallest absolute Gasteiger partial charge is 0.243 e. The lowest BCUT2D eigenvalue weighted by molar-refractivity contribution is -0.120. The number of carbonyl (C=O) groups is 1. The highest BCUT2D eigenvalue weighted by atomic mass is 35.5. The lowest BCUT2D eigenvalue weighted by Crippen LogP contribution is -2.24. The third-order valence-corrected chi connectivity index (χ3v) is 5.31. The molecule has 2 N–H and O–H groups in total. The minimum atomic E-state index is -0.0753. The van der Waals surface area contributed by atoms with Crippen molar-refractivity contribution in [3.63, 3.8) is 0 Å². The summed E-state index contributed by atoms with van der Waals surface area (Å²) in [6.07, 6.45) is 12.9. The van der Waals surface area contributed by atoms with Crippen LogP contribution in [-0.2, 0) is 24.2 Å². The van der Waals surface area contributed by atoms with Crippen LogP contribution in [0.5, 0.6) is 0 Å². The molecule has 2 aromatic rings. The first-order chi connectivity index (χ1) is 13.1. The van der Waals surface area contributed by atoms with E-state index in [0.717, 1.165) is 36.8 Å². The third kappa shape index (κ3) is 4.64. The summed E-state index contributed by atoms with van der Waals surface area (Å²) in [7, 11) is 0. The van der Waals surface area contributed by atoms with Crippen LogP contribution in [0.25, 0.3) is 10.9 Å². The quantitative estimate of drug-likeness (QED) is 0.726. The molecule has 27 heavy (non-hydrogen) atoms. The van der Waals surface area contributed by atoms with Gasteiger partial charge >= 0.3 is 0 Å². The van der Waals surface area contributed by atoms with E-state index < -0.39 is 0 Å². The monoisotopic (exact) mass is 403 g/mol. The molecule has 0 unspecified atom stereocenters. The van der Waals surface area contributed by atoms with Crippen LogP contribution in [0.2, 0.25) is 10.0 Å². The maximum atomic E-state index is 12.5. The molecule has 1 aliphatic heterocycles. The summed E-state index contributed by atoms with van der Waals surface area (Å²) in [6, 6.07) is 3.79. The highest BCUT2D eigenvalue weighted by Crippen LogP contribution is 2.34. The number of nitrogens with zero attached hydrogens (tertiary/aromatic N) is 1. The number of carbonyl (C=O) groups excluding carboxylic acids is 1. The Kier molecular flexibility index (Phi) is 6.78. The van der Waals surface area contributed by atoms with Crippen molar-refractivity contribution in [2.24, 2.45) is 0 Å². The van der Waals surface area contributed by atoms with Gasteiger partial charge in [0.15, 0.2) is 0 Å². The van der Waals surface area contributed by atoms with Crippen molar-refractivity contribution in [2.45, 2.75) is 26.3 Å². The summed E-state index contributed by atoms with van der Waals surface area (Å²) in [4.78, 5) is 12.5. The second kappa shape index (κ2) is 9.27. The molecule has 2 heterocycles. The second-order valence-electron chi connectivity index (χ2n) is 6.38. The van der Waals surface area contributed by atoms with E-state index in [0.29, 0.717) is 10.0 Å². The van der Waals surface area contributed by atoms with E-state index in [1.165, 1.54) is 11.3 Å². The highest BCUT2D eigenvalue weighted by Gasteiger charge is 2.21. The van der Waals surface area contributed by atoms with Gasteiger partial charge in [-0.05, 0) is 43.7 Å². The molecule has 0 atom stereocenters. The standard InChI is InChI=1S/C21H23Cl2N3O/c1-2-3-4-5-6-9-25-21(27)14-26-19-8-11-24-10-7-15(19)16-12-17(22)18(23)13-20(16)26/h2-6,9,12-13,24H,7-8,10-11,14H2,1H3,(H,25,27)/b3-2-,5-4-,9-6+. The van der Waals surface area contributed by atoms with Gasteiger partial charge < -0.3 is 15.2 Å². The summed E-state index contributed by atoms with van der Waals surface area (Å²) in [5, 5.41) is 8.37. The zero-order valence-corrected chi connectivity index (χ0v) is 16.8. The van der Waals surface area contributed by atoms with Crippen LogP contribution in [-0.4, -0.2) is 23.6 Å². The lowest BCUT2D eigenvalue weighted by Gasteiger charge is -2.10. The van der Waals surface area contributed by atoms with E-state index in [1.807, 2.05) is 43.4 Å². The molecule has 0 saturated carbocycles. The first-order valence-electron chi connectivity index (χ1n) is 9.05. The number of rotatable bonds is 5. The molecule has 0 aliphatic carbocycles. The van der Waals surface area contributed by atoms with Gasteiger partial charge in [0.2, 0.25) is 5.91 Å². The van der Waals surface area contributed by atoms with E-state index >= 15 is 0 Å². The SMILES string of the molecule is C\C=C/C=C\C=C\NC(=O)Cn1c2c(c3cc(Cl)c(Cl)cc31)CCNCC2.